The Labute approximate surface area is 123 Å². The fraction of sp³-hybridized carbons (Fsp3) is 0.938. The standard InChI is InChI=1S/C16H32N2O2/c1-5-12(6-2)14(19)11-18-15(20)16(3,4)13-8-7-9-17-10-13/h12-14,17,19H,5-11H2,1-4H3,(H,18,20). The number of aliphatic hydroxyl groups excluding tert-OH is 1. The van der Waals surface area contributed by atoms with Gasteiger partial charge < -0.3 is 15.7 Å². The van der Waals surface area contributed by atoms with Gasteiger partial charge in [-0.25, -0.2) is 0 Å². The molecular weight excluding hydrogens is 252 g/mol. The number of hydrogen-bond donors (Lipinski definition) is 3. The zero-order valence-electron chi connectivity index (χ0n) is 13.5. The van der Waals surface area contributed by atoms with Crippen LogP contribution < -0.4 is 10.6 Å². The van der Waals surface area contributed by atoms with Crippen LogP contribution in [0.25, 0.3) is 0 Å². The minimum absolute atomic E-state index is 0.0659. The van der Waals surface area contributed by atoms with Gasteiger partial charge in [0.15, 0.2) is 0 Å². The first kappa shape index (κ1) is 17.4. The van der Waals surface area contributed by atoms with Gasteiger partial charge in [0.25, 0.3) is 0 Å². The summed E-state index contributed by atoms with van der Waals surface area (Å²) in [4.78, 5) is 12.4. The maximum absolute atomic E-state index is 12.4. The summed E-state index contributed by atoms with van der Waals surface area (Å²) < 4.78 is 0. The van der Waals surface area contributed by atoms with Gasteiger partial charge >= 0.3 is 0 Å². The average Bonchev–Trinajstić information content (AvgIpc) is 2.46. The lowest BCUT2D eigenvalue weighted by atomic mass is 9.74. The van der Waals surface area contributed by atoms with Crippen LogP contribution in [0.1, 0.15) is 53.4 Å². The van der Waals surface area contributed by atoms with E-state index in [4.69, 9.17) is 0 Å². The Morgan fingerprint density at radius 3 is 2.55 bits per heavy atom. The topological polar surface area (TPSA) is 61.4 Å². The highest BCUT2D eigenvalue weighted by Gasteiger charge is 2.37. The van der Waals surface area contributed by atoms with E-state index in [-0.39, 0.29) is 17.2 Å². The van der Waals surface area contributed by atoms with Crippen molar-refractivity contribution in [3.05, 3.63) is 0 Å². The molecule has 1 rings (SSSR count). The molecule has 0 aliphatic carbocycles. The van der Waals surface area contributed by atoms with E-state index < -0.39 is 6.10 Å². The van der Waals surface area contributed by atoms with Crippen LogP contribution >= 0.6 is 0 Å². The van der Waals surface area contributed by atoms with E-state index in [1.165, 1.54) is 0 Å². The van der Waals surface area contributed by atoms with Crippen LogP contribution in [0.2, 0.25) is 0 Å². The van der Waals surface area contributed by atoms with Gasteiger partial charge in [-0.05, 0) is 37.8 Å². The van der Waals surface area contributed by atoms with Gasteiger partial charge in [-0.3, -0.25) is 4.79 Å². The zero-order chi connectivity index (χ0) is 15.2. The van der Waals surface area contributed by atoms with Crippen LogP contribution in [0.4, 0.5) is 0 Å². The van der Waals surface area contributed by atoms with Crippen LogP contribution in [0.5, 0.6) is 0 Å². The summed E-state index contributed by atoms with van der Waals surface area (Å²) in [5, 5.41) is 16.4. The van der Waals surface area contributed by atoms with E-state index >= 15 is 0 Å². The summed E-state index contributed by atoms with van der Waals surface area (Å²) in [5.41, 5.74) is -0.374. The highest BCUT2D eigenvalue weighted by atomic mass is 16.3. The number of nitrogens with one attached hydrogen (secondary N) is 2. The second-order valence-electron chi connectivity index (χ2n) is 6.62. The Hall–Kier alpha value is -0.610. The lowest BCUT2D eigenvalue weighted by Crippen LogP contribution is -2.49. The molecule has 0 saturated carbocycles. The van der Waals surface area contributed by atoms with Crippen molar-refractivity contribution in [1.82, 2.24) is 10.6 Å². The van der Waals surface area contributed by atoms with Crippen LogP contribution in [0.15, 0.2) is 0 Å². The molecule has 1 amide bonds. The second kappa shape index (κ2) is 7.99. The predicted molar refractivity (Wildman–Crippen MR) is 82.5 cm³/mol. The van der Waals surface area contributed by atoms with Crippen molar-refractivity contribution in [3.63, 3.8) is 0 Å². The van der Waals surface area contributed by atoms with Crippen LogP contribution in [0, 0.1) is 17.3 Å². The molecule has 4 nitrogen and oxygen atoms in total. The predicted octanol–water partition coefficient (Wildman–Crippen LogP) is 1.93. The fourth-order valence-electron chi connectivity index (χ4n) is 3.08. The quantitative estimate of drug-likeness (QED) is 0.669. The first-order valence-corrected chi connectivity index (χ1v) is 8.10. The molecule has 0 aromatic carbocycles. The van der Waals surface area contributed by atoms with E-state index in [1.54, 1.807) is 0 Å². The summed E-state index contributed by atoms with van der Waals surface area (Å²) in [6.07, 6.45) is 3.70. The number of aliphatic hydroxyl groups is 1. The summed E-state index contributed by atoms with van der Waals surface area (Å²) in [7, 11) is 0. The molecule has 20 heavy (non-hydrogen) atoms. The molecule has 1 saturated heterocycles. The molecule has 4 heteroatoms. The monoisotopic (exact) mass is 284 g/mol. The Kier molecular flexibility index (Phi) is 6.96. The van der Waals surface area contributed by atoms with Crippen molar-refractivity contribution in [3.8, 4) is 0 Å². The number of hydrogen-bond acceptors (Lipinski definition) is 3. The summed E-state index contributed by atoms with van der Waals surface area (Å²) >= 11 is 0. The van der Waals surface area contributed by atoms with E-state index in [2.05, 4.69) is 24.5 Å². The Morgan fingerprint density at radius 1 is 1.40 bits per heavy atom. The first-order valence-electron chi connectivity index (χ1n) is 8.10. The normalized spacial score (nSPS) is 21.8. The molecule has 1 fully saturated rings. The largest absolute Gasteiger partial charge is 0.391 e. The minimum atomic E-state index is -0.436. The Bertz CT molecular complexity index is 295. The van der Waals surface area contributed by atoms with E-state index in [0.717, 1.165) is 38.8 Å². The van der Waals surface area contributed by atoms with Gasteiger partial charge in [-0.1, -0.05) is 40.5 Å². The highest BCUT2D eigenvalue weighted by molar-refractivity contribution is 5.82. The maximum Gasteiger partial charge on any atom is 0.226 e. The molecule has 118 valence electrons. The lowest BCUT2D eigenvalue weighted by Gasteiger charge is -2.36. The maximum atomic E-state index is 12.4. The first-order chi connectivity index (χ1) is 9.43. The summed E-state index contributed by atoms with van der Waals surface area (Å²) in [5.74, 6) is 0.715. The third-order valence-electron chi connectivity index (χ3n) is 4.97. The molecule has 1 aliphatic rings. The molecule has 3 N–H and O–H groups in total. The zero-order valence-corrected chi connectivity index (χ0v) is 13.5. The van der Waals surface area contributed by atoms with Gasteiger partial charge in [0.05, 0.1) is 6.10 Å². The van der Waals surface area contributed by atoms with Crippen molar-refractivity contribution in [2.45, 2.75) is 59.5 Å². The molecule has 0 spiro atoms. The Morgan fingerprint density at radius 2 is 2.05 bits per heavy atom. The van der Waals surface area contributed by atoms with Crippen molar-refractivity contribution in [2.75, 3.05) is 19.6 Å². The minimum Gasteiger partial charge on any atom is -0.391 e. The molecule has 2 atom stereocenters. The van der Waals surface area contributed by atoms with Crippen molar-refractivity contribution in [1.29, 1.82) is 0 Å². The van der Waals surface area contributed by atoms with Gasteiger partial charge in [0, 0.05) is 12.0 Å². The van der Waals surface area contributed by atoms with Gasteiger partial charge in [0.1, 0.15) is 0 Å². The molecule has 2 unspecified atom stereocenters. The van der Waals surface area contributed by atoms with E-state index in [1.807, 2.05) is 13.8 Å². The Balaban J connectivity index is 2.48. The molecule has 1 aliphatic heterocycles. The average molecular weight is 284 g/mol. The van der Waals surface area contributed by atoms with Crippen LogP contribution in [-0.2, 0) is 4.79 Å². The van der Waals surface area contributed by atoms with Crippen LogP contribution in [0.3, 0.4) is 0 Å². The molecule has 1 heterocycles. The van der Waals surface area contributed by atoms with Gasteiger partial charge in [-0.15, -0.1) is 0 Å². The van der Waals surface area contributed by atoms with Crippen molar-refractivity contribution < 1.29 is 9.90 Å². The third kappa shape index (κ3) is 4.45. The number of piperidine rings is 1. The fourth-order valence-corrected chi connectivity index (χ4v) is 3.08. The molecule has 0 aromatic rings. The highest BCUT2D eigenvalue weighted by Crippen LogP contribution is 2.31. The lowest BCUT2D eigenvalue weighted by molar-refractivity contribution is -0.133. The molecule has 0 bridgehead atoms. The smallest absolute Gasteiger partial charge is 0.226 e. The van der Waals surface area contributed by atoms with E-state index in [9.17, 15) is 9.90 Å². The van der Waals surface area contributed by atoms with Crippen LogP contribution in [-0.4, -0.2) is 36.8 Å². The number of carbonyl (C=O) groups excluding carboxylic acids is 1. The number of amides is 1. The van der Waals surface area contributed by atoms with E-state index in [0.29, 0.717) is 12.5 Å². The number of carbonyl (C=O) groups is 1. The number of rotatable bonds is 7. The van der Waals surface area contributed by atoms with Gasteiger partial charge in [0.2, 0.25) is 5.91 Å². The molecule has 0 aromatic heterocycles. The summed E-state index contributed by atoms with van der Waals surface area (Å²) in [6.45, 7) is 10.5. The van der Waals surface area contributed by atoms with Crippen molar-refractivity contribution >= 4 is 5.91 Å². The third-order valence-corrected chi connectivity index (χ3v) is 4.97. The molecular formula is C16H32N2O2. The molecule has 0 radical (unpaired) electrons. The second-order valence-corrected chi connectivity index (χ2v) is 6.62. The SMILES string of the molecule is CCC(CC)C(O)CNC(=O)C(C)(C)C1CCCNC1. The summed E-state index contributed by atoms with van der Waals surface area (Å²) in [6, 6.07) is 0. The van der Waals surface area contributed by atoms with Gasteiger partial charge in [-0.2, -0.15) is 0 Å². The van der Waals surface area contributed by atoms with Crippen molar-refractivity contribution in [2.24, 2.45) is 17.3 Å².